The van der Waals surface area contributed by atoms with Crippen LogP contribution in [0.5, 0.6) is 5.75 Å². The Morgan fingerprint density at radius 2 is 1.92 bits per heavy atom. The van der Waals surface area contributed by atoms with E-state index in [9.17, 15) is 9.59 Å². The minimum Gasteiger partial charge on any atom is -0.496 e. The minimum atomic E-state index is -0.676. The van der Waals surface area contributed by atoms with Gasteiger partial charge >= 0.3 is 6.03 Å². The highest BCUT2D eigenvalue weighted by molar-refractivity contribution is 5.96. The van der Waals surface area contributed by atoms with Gasteiger partial charge in [-0.05, 0) is 38.1 Å². The van der Waals surface area contributed by atoms with Gasteiger partial charge in [-0.25, -0.2) is 4.79 Å². The highest BCUT2D eigenvalue weighted by Gasteiger charge is 2.15. The van der Waals surface area contributed by atoms with Gasteiger partial charge in [-0.1, -0.05) is 23.8 Å². The molecule has 0 bridgehead atoms. The molecular formula is C18H21N3O3. The Bertz CT molecular complexity index is 759. The molecule has 0 fully saturated rings. The number of amides is 3. The number of hydrogen-bond acceptors (Lipinski definition) is 3. The van der Waals surface area contributed by atoms with Crippen molar-refractivity contribution in [1.82, 2.24) is 5.32 Å². The fourth-order valence-electron chi connectivity index (χ4n) is 2.43. The smallest absolute Gasteiger partial charge is 0.316 e. The van der Waals surface area contributed by atoms with Crippen molar-refractivity contribution in [3.63, 3.8) is 0 Å². The van der Waals surface area contributed by atoms with Gasteiger partial charge in [0.25, 0.3) is 5.91 Å². The molecule has 2 aromatic carbocycles. The first-order valence-electron chi connectivity index (χ1n) is 7.52. The van der Waals surface area contributed by atoms with Crippen molar-refractivity contribution < 1.29 is 14.3 Å². The van der Waals surface area contributed by atoms with Crippen molar-refractivity contribution in [3.05, 3.63) is 59.2 Å². The lowest BCUT2D eigenvalue weighted by molar-refractivity contribution is 0.0939. The van der Waals surface area contributed by atoms with Gasteiger partial charge < -0.3 is 21.1 Å². The minimum absolute atomic E-state index is 0.236. The number of carbonyl (C=O) groups excluding carboxylic acids is 2. The summed E-state index contributed by atoms with van der Waals surface area (Å²) in [6.45, 7) is 3.87. The first kappa shape index (κ1) is 17.3. The number of ether oxygens (including phenoxy) is 1. The first-order chi connectivity index (χ1) is 11.4. The van der Waals surface area contributed by atoms with Crippen molar-refractivity contribution in [2.24, 2.45) is 5.73 Å². The van der Waals surface area contributed by atoms with E-state index in [1.54, 1.807) is 31.4 Å². The van der Waals surface area contributed by atoms with E-state index in [1.807, 2.05) is 32.0 Å². The van der Waals surface area contributed by atoms with Crippen LogP contribution >= 0.6 is 0 Å². The summed E-state index contributed by atoms with van der Waals surface area (Å²) in [5.74, 6) is 0.469. The third-order valence-corrected chi connectivity index (χ3v) is 3.59. The quantitative estimate of drug-likeness (QED) is 0.788. The van der Waals surface area contributed by atoms with Crippen molar-refractivity contribution in [3.8, 4) is 5.75 Å². The molecule has 0 aliphatic rings. The Labute approximate surface area is 141 Å². The molecule has 4 N–H and O–H groups in total. The summed E-state index contributed by atoms with van der Waals surface area (Å²) in [4.78, 5) is 23.4. The number of nitrogens with one attached hydrogen (secondary N) is 2. The Balaban J connectivity index is 2.17. The monoisotopic (exact) mass is 327 g/mol. The zero-order valence-corrected chi connectivity index (χ0v) is 13.9. The first-order valence-corrected chi connectivity index (χ1v) is 7.52. The normalized spacial score (nSPS) is 11.5. The average Bonchev–Trinajstić information content (AvgIpc) is 2.54. The number of methoxy groups -OCH3 is 1. The van der Waals surface area contributed by atoms with Crippen molar-refractivity contribution >= 4 is 17.6 Å². The maximum atomic E-state index is 12.5. The molecule has 6 nitrogen and oxygen atoms in total. The predicted octanol–water partition coefficient (Wildman–Crippen LogP) is 2.99. The Morgan fingerprint density at radius 1 is 1.17 bits per heavy atom. The zero-order valence-electron chi connectivity index (χ0n) is 13.9. The van der Waals surface area contributed by atoms with E-state index >= 15 is 0 Å². The van der Waals surface area contributed by atoms with Gasteiger partial charge in [0.1, 0.15) is 5.75 Å². The fraction of sp³-hybridized carbons (Fsp3) is 0.222. The van der Waals surface area contributed by atoms with E-state index in [-0.39, 0.29) is 11.9 Å². The van der Waals surface area contributed by atoms with Gasteiger partial charge in [0.15, 0.2) is 0 Å². The number of nitrogens with two attached hydrogens (primary N) is 1. The lowest BCUT2D eigenvalue weighted by Crippen LogP contribution is -2.27. The Hall–Kier alpha value is -3.02. The van der Waals surface area contributed by atoms with E-state index in [1.165, 1.54) is 0 Å². The molecule has 0 spiro atoms. The zero-order chi connectivity index (χ0) is 17.7. The number of hydrogen-bond donors (Lipinski definition) is 3. The standard InChI is InChI=1S/C18H21N3O3/c1-11-7-8-16(24-3)15(9-11)12(2)20-17(22)13-5-4-6-14(10-13)21-18(19)23/h4-10,12H,1-3H3,(H,20,22)(H3,19,21,23)/t12-/m0/s1. The van der Waals surface area contributed by atoms with Gasteiger partial charge in [-0.3, -0.25) is 4.79 Å². The molecule has 0 aliphatic heterocycles. The number of anilines is 1. The Kier molecular flexibility index (Phi) is 5.42. The predicted molar refractivity (Wildman–Crippen MR) is 93.3 cm³/mol. The largest absolute Gasteiger partial charge is 0.496 e. The van der Waals surface area contributed by atoms with Gasteiger partial charge in [-0.15, -0.1) is 0 Å². The van der Waals surface area contributed by atoms with E-state index in [0.29, 0.717) is 11.3 Å². The topological polar surface area (TPSA) is 93.4 Å². The molecule has 0 saturated heterocycles. The molecule has 0 heterocycles. The SMILES string of the molecule is COc1ccc(C)cc1[C@H](C)NC(=O)c1cccc(NC(N)=O)c1. The van der Waals surface area contributed by atoms with Crippen molar-refractivity contribution in [1.29, 1.82) is 0 Å². The molecule has 1 atom stereocenters. The van der Waals surface area contributed by atoms with Crippen LogP contribution in [0.2, 0.25) is 0 Å². The number of aryl methyl sites for hydroxylation is 1. The molecule has 0 aliphatic carbocycles. The number of urea groups is 1. The third kappa shape index (κ3) is 4.25. The molecule has 2 rings (SSSR count). The van der Waals surface area contributed by atoms with Crippen LogP contribution in [0.25, 0.3) is 0 Å². The van der Waals surface area contributed by atoms with Gasteiger partial charge in [0, 0.05) is 16.8 Å². The molecule has 3 amide bonds. The van der Waals surface area contributed by atoms with Crippen LogP contribution in [-0.4, -0.2) is 19.0 Å². The van der Waals surface area contributed by atoms with E-state index in [0.717, 1.165) is 16.9 Å². The van der Waals surface area contributed by atoms with Crippen molar-refractivity contribution in [2.45, 2.75) is 19.9 Å². The summed E-state index contributed by atoms with van der Waals surface area (Å²) in [7, 11) is 1.60. The average molecular weight is 327 g/mol. The molecule has 0 saturated carbocycles. The van der Waals surface area contributed by atoms with Crippen molar-refractivity contribution in [2.75, 3.05) is 12.4 Å². The Morgan fingerprint density at radius 3 is 2.58 bits per heavy atom. The number of carbonyl (C=O) groups is 2. The van der Waals surface area contributed by atoms with Crippen LogP contribution in [0.15, 0.2) is 42.5 Å². The maximum Gasteiger partial charge on any atom is 0.316 e. The highest BCUT2D eigenvalue weighted by Crippen LogP contribution is 2.26. The summed E-state index contributed by atoms with van der Waals surface area (Å²) in [6.07, 6.45) is 0. The molecular weight excluding hydrogens is 306 g/mol. The lowest BCUT2D eigenvalue weighted by atomic mass is 10.0. The highest BCUT2D eigenvalue weighted by atomic mass is 16.5. The summed E-state index contributed by atoms with van der Waals surface area (Å²) >= 11 is 0. The van der Waals surface area contributed by atoms with Crippen LogP contribution in [0, 0.1) is 6.92 Å². The summed E-state index contributed by atoms with van der Waals surface area (Å²) < 4.78 is 5.36. The molecule has 126 valence electrons. The van der Waals surface area contributed by atoms with E-state index in [4.69, 9.17) is 10.5 Å². The summed E-state index contributed by atoms with van der Waals surface area (Å²) in [5, 5.41) is 5.38. The molecule has 0 unspecified atom stereocenters. The van der Waals surface area contributed by atoms with Gasteiger partial charge in [-0.2, -0.15) is 0 Å². The van der Waals surface area contributed by atoms with Gasteiger partial charge in [0.2, 0.25) is 0 Å². The molecule has 2 aromatic rings. The summed E-state index contributed by atoms with van der Waals surface area (Å²) in [6, 6.07) is 11.5. The second kappa shape index (κ2) is 7.50. The lowest BCUT2D eigenvalue weighted by Gasteiger charge is -2.18. The second-order valence-electron chi connectivity index (χ2n) is 5.51. The van der Waals surface area contributed by atoms with Crippen LogP contribution < -0.4 is 21.1 Å². The van der Waals surface area contributed by atoms with Crippen LogP contribution in [0.1, 0.15) is 34.5 Å². The van der Waals surface area contributed by atoms with Gasteiger partial charge in [0.05, 0.1) is 13.2 Å². The maximum absolute atomic E-state index is 12.5. The fourth-order valence-corrected chi connectivity index (χ4v) is 2.43. The molecule has 0 radical (unpaired) electrons. The van der Waals surface area contributed by atoms with Crippen LogP contribution in [0.4, 0.5) is 10.5 Å². The van der Waals surface area contributed by atoms with E-state index < -0.39 is 6.03 Å². The summed E-state index contributed by atoms with van der Waals surface area (Å²) in [5.41, 5.74) is 7.97. The number of benzene rings is 2. The molecule has 6 heteroatoms. The molecule has 0 aromatic heterocycles. The van der Waals surface area contributed by atoms with E-state index in [2.05, 4.69) is 10.6 Å². The number of rotatable bonds is 5. The molecule has 24 heavy (non-hydrogen) atoms. The van der Waals surface area contributed by atoms with Crippen LogP contribution in [-0.2, 0) is 0 Å². The number of primary amides is 1. The van der Waals surface area contributed by atoms with Crippen LogP contribution in [0.3, 0.4) is 0 Å². The second-order valence-corrected chi connectivity index (χ2v) is 5.51. The third-order valence-electron chi connectivity index (χ3n) is 3.59.